The molecule has 0 unspecified atom stereocenters. The first-order valence-corrected chi connectivity index (χ1v) is 15.9. The minimum Gasteiger partial charge on any atom is -0.0616 e. The zero-order valence-corrected chi connectivity index (χ0v) is 25.3. The molecule has 0 N–H and O–H groups in total. The first-order chi connectivity index (χ1) is 22.8. The molecule has 0 amide bonds. The topological polar surface area (TPSA) is 0 Å². The van der Waals surface area contributed by atoms with Gasteiger partial charge in [-0.3, -0.25) is 0 Å². The Balaban J connectivity index is 1.01. The Morgan fingerprint density at radius 2 is 0.652 bits per heavy atom. The first-order valence-electron chi connectivity index (χ1n) is 15.9. The van der Waals surface area contributed by atoms with Gasteiger partial charge < -0.3 is 0 Å². The van der Waals surface area contributed by atoms with E-state index >= 15 is 0 Å². The minimum absolute atomic E-state index is 1.23. The fourth-order valence-corrected chi connectivity index (χ4v) is 7.06. The maximum absolute atomic E-state index is 2.33. The van der Waals surface area contributed by atoms with Crippen LogP contribution in [0.2, 0.25) is 0 Å². The highest BCUT2D eigenvalue weighted by Crippen LogP contribution is 2.37. The molecule has 46 heavy (non-hydrogen) atoms. The Labute approximate surface area is 268 Å². The van der Waals surface area contributed by atoms with Crippen LogP contribution < -0.4 is 0 Å². The summed E-state index contributed by atoms with van der Waals surface area (Å²) >= 11 is 0. The lowest BCUT2D eigenvalue weighted by atomic mass is 9.92. The average molecular weight is 583 g/mol. The highest BCUT2D eigenvalue weighted by atomic mass is 14.1. The van der Waals surface area contributed by atoms with Gasteiger partial charge in [-0.2, -0.15) is 0 Å². The SMILES string of the molecule is c1ccc2c(-c3ccc(-c4ccc5cc(-c6ccc(-c7cc8ccccc8c8ccccc78)cc6)ccc5c4)cc3)cccc2c1. The molecule has 0 aliphatic heterocycles. The third kappa shape index (κ3) is 4.55. The lowest BCUT2D eigenvalue weighted by Crippen LogP contribution is -1.86. The first kappa shape index (κ1) is 26.4. The molecule has 0 saturated heterocycles. The Bertz CT molecular complexity index is 2550. The molecule has 214 valence electrons. The molecule has 0 atom stereocenters. The number of benzene rings is 9. The predicted molar refractivity (Wildman–Crippen MR) is 198 cm³/mol. The van der Waals surface area contributed by atoms with E-state index in [4.69, 9.17) is 0 Å². The largest absolute Gasteiger partial charge is 0.0616 e. The van der Waals surface area contributed by atoms with Gasteiger partial charge in [0.2, 0.25) is 0 Å². The van der Waals surface area contributed by atoms with Gasteiger partial charge in [-0.25, -0.2) is 0 Å². The lowest BCUT2D eigenvalue weighted by Gasteiger charge is -2.12. The summed E-state index contributed by atoms with van der Waals surface area (Å²) in [4.78, 5) is 0. The smallest absolute Gasteiger partial charge is 0.00990 e. The van der Waals surface area contributed by atoms with E-state index in [0.717, 1.165) is 0 Å². The zero-order valence-electron chi connectivity index (χ0n) is 25.3. The van der Waals surface area contributed by atoms with E-state index in [1.165, 1.54) is 87.6 Å². The Hall–Kier alpha value is -5.98. The number of hydrogen-bond acceptors (Lipinski definition) is 0. The van der Waals surface area contributed by atoms with Gasteiger partial charge >= 0.3 is 0 Å². The van der Waals surface area contributed by atoms with Crippen LogP contribution in [0.1, 0.15) is 0 Å². The van der Waals surface area contributed by atoms with E-state index in [0.29, 0.717) is 0 Å². The van der Waals surface area contributed by atoms with Crippen LogP contribution in [0.5, 0.6) is 0 Å². The molecule has 0 heteroatoms. The normalized spacial score (nSPS) is 11.5. The quantitative estimate of drug-likeness (QED) is 0.181. The summed E-state index contributed by atoms with van der Waals surface area (Å²) in [5, 5.41) is 10.2. The molecule has 0 aliphatic carbocycles. The highest BCUT2D eigenvalue weighted by molar-refractivity contribution is 6.13. The fraction of sp³-hybridized carbons (Fsp3) is 0. The van der Waals surface area contributed by atoms with E-state index in [9.17, 15) is 0 Å². The summed E-state index contributed by atoms with van der Waals surface area (Å²) in [7, 11) is 0. The van der Waals surface area contributed by atoms with Crippen molar-refractivity contribution in [3.63, 3.8) is 0 Å². The van der Waals surface area contributed by atoms with Gasteiger partial charge in [0.05, 0.1) is 0 Å². The van der Waals surface area contributed by atoms with Crippen LogP contribution in [0.4, 0.5) is 0 Å². The maximum atomic E-state index is 2.33. The molecule has 0 aliphatic rings. The Morgan fingerprint density at radius 3 is 1.30 bits per heavy atom. The lowest BCUT2D eigenvalue weighted by molar-refractivity contribution is 1.61. The number of fused-ring (bicyclic) bond motifs is 5. The van der Waals surface area contributed by atoms with E-state index < -0.39 is 0 Å². The van der Waals surface area contributed by atoms with Gasteiger partial charge in [-0.15, -0.1) is 0 Å². The molecule has 9 rings (SSSR count). The molecular weight excluding hydrogens is 553 g/mol. The van der Waals surface area contributed by atoms with Crippen molar-refractivity contribution >= 4 is 43.1 Å². The van der Waals surface area contributed by atoms with Gasteiger partial charge in [0.25, 0.3) is 0 Å². The third-order valence-corrected chi connectivity index (χ3v) is 9.46. The Morgan fingerprint density at radius 1 is 0.196 bits per heavy atom. The monoisotopic (exact) mass is 582 g/mol. The van der Waals surface area contributed by atoms with Crippen LogP contribution in [0, 0.1) is 0 Å². The molecule has 0 aromatic heterocycles. The van der Waals surface area contributed by atoms with E-state index in [-0.39, 0.29) is 0 Å². The van der Waals surface area contributed by atoms with Gasteiger partial charge in [-0.1, -0.05) is 164 Å². The van der Waals surface area contributed by atoms with Crippen molar-refractivity contribution in [2.75, 3.05) is 0 Å². The van der Waals surface area contributed by atoms with Crippen LogP contribution >= 0.6 is 0 Å². The minimum atomic E-state index is 1.23. The summed E-state index contributed by atoms with van der Waals surface area (Å²) in [6.45, 7) is 0. The second-order valence-corrected chi connectivity index (χ2v) is 12.1. The van der Waals surface area contributed by atoms with E-state index in [1.54, 1.807) is 0 Å². The van der Waals surface area contributed by atoms with Crippen molar-refractivity contribution in [2.45, 2.75) is 0 Å². The molecule has 0 spiro atoms. The molecule has 0 bridgehead atoms. The zero-order chi connectivity index (χ0) is 30.5. The van der Waals surface area contributed by atoms with Gasteiger partial charge in [0, 0.05) is 0 Å². The van der Waals surface area contributed by atoms with Crippen LogP contribution in [-0.4, -0.2) is 0 Å². The third-order valence-electron chi connectivity index (χ3n) is 9.46. The van der Waals surface area contributed by atoms with E-state index in [1.807, 2.05) is 0 Å². The summed E-state index contributed by atoms with van der Waals surface area (Å²) in [6, 6.07) is 66.5. The highest BCUT2D eigenvalue weighted by Gasteiger charge is 2.10. The van der Waals surface area contributed by atoms with E-state index in [2.05, 4.69) is 182 Å². The molecular formula is C46H30. The van der Waals surface area contributed by atoms with Crippen molar-refractivity contribution in [2.24, 2.45) is 0 Å². The van der Waals surface area contributed by atoms with Crippen LogP contribution in [0.15, 0.2) is 182 Å². The molecule has 0 nitrogen and oxygen atoms in total. The number of hydrogen-bond donors (Lipinski definition) is 0. The average Bonchev–Trinajstić information content (AvgIpc) is 3.14. The van der Waals surface area contributed by atoms with Crippen molar-refractivity contribution in [3.8, 4) is 44.5 Å². The van der Waals surface area contributed by atoms with Crippen molar-refractivity contribution in [1.82, 2.24) is 0 Å². The fourth-order valence-electron chi connectivity index (χ4n) is 7.06. The standard InChI is InChI=1S/C46H30/c1-3-11-41-33(8-1)10-7-15-42(41)34-20-16-31(17-21-34)36-24-26-39-29-37(25-27-38(39)28-36)32-18-22-35(23-19-32)46-30-40-9-2-4-12-43(40)44-13-5-6-14-45(44)46/h1-30H. The van der Waals surface area contributed by atoms with Crippen LogP contribution in [-0.2, 0) is 0 Å². The molecule has 0 fully saturated rings. The molecule has 0 saturated carbocycles. The second kappa shape index (κ2) is 10.9. The molecule has 9 aromatic rings. The van der Waals surface area contributed by atoms with Crippen molar-refractivity contribution in [1.29, 1.82) is 0 Å². The van der Waals surface area contributed by atoms with Gasteiger partial charge in [0.1, 0.15) is 0 Å². The second-order valence-electron chi connectivity index (χ2n) is 12.1. The summed E-state index contributed by atoms with van der Waals surface area (Å²) < 4.78 is 0. The molecule has 0 heterocycles. The summed E-state index contributed by atoms with van der Waals surface area (Å²) in [5.41, 5.74) is 9.95. The van der Waals surface area contributed by atoms with Crippen LogP contribution in [0.3, 0.4) is 0 Å². The number of rotatable bonds is 4. The van der Waals surface area contributed by atoms with Crippen LogP contribution in [0.25, 0.3) is 87.6 Å². The summed E-state index contributed by atoms with van der Waals surface area (Å²) in [6.07, 6.45) is 0. The molecule has 9 aromatic carbocycles. The van der Waals surface area contributed by atoms with Crippen molar-refractivity contribution in [3.05, 3.63) is 182 Å². The van der Waals surface area contributed by atoms with Gasteiger partial charge in [-0.05, 0) is 106 Å². The summed E-state index contributed by atoms with van der Waals surface area (Å²) in [5.74, 6) is 0. The maximum Gasteiger partial charge on any atom is -0.00990 e. The van der Waals surface area contributed by atoms with Gasteiger partial charge in [0.15, 0.2) is 0 Å². The molecule has 0 radical (unpaired) electrons. The Kier molecular flexibility index (Phi) is 6.25. The van der Waals surface area contributed by atoms with Crippen molar-refractivity contribution < 1.29 is 0 Å². The predicted octanol–water partition coefficient (Wildman–Crippen LogP) is 13.0.